The van der Waals surface area contributed by atoms with Gasteiger partial charge in [0.25, 0.3) is 0 Å². The van der Waals surface area contributed by atoms with Crippen LogP contribution < -0.4 is 10.1 Å². The van der Waals surface area contributed by atoms with Gasteiger partial charge in [-0.3, -0.25) is 14.7 Å². The van der Waals surface area contributed by atoms with E-state index in [1.54, 1.807) is 0 Å². The van der Waals surface area contributed by atoms with E-state index in [1.807, 2.05) is 25.2 Å². The number of para-hydroxylation sites is 1. The van der Waals surface area contributed by atoms with Crippen molar-refractivity contribution in [3.05, 3.63) is 29.8 Å². The number of hydrogen-bond acceptors (Lipinski definition) is 4. The van der Waals surface area contributed by atoms with E-state index in [1.165, 1.54) is 6.42 Å². The zero-order valence-electron chi connectivity index (χ0n) is 19.9. The van der Waals surface area contributed by atoms with Gasteiger partial charge in [-0.15, -0.1) is 24.0 Å². The van der Waals surface area contributed by atoms with Gasteiger partial charge in [-0.2, -0.15) is 0 Å². The minimum atomic E-state index is 0. The Morgan fingerprint density at radius 1 is 1.22 bits per heavy atom. The van der Waals surface area contributed by atoms with Crippen molar-refractivity contribution in [2.24, 2.45) is 10.9 Å². The summed E-state index contributed by atoms with van der Waals surface area (Å²) in [4.78, 5) is 23.8. The van der Waals surface area contributed by atoms with Crippen molar-refractivity contribution in [3.8, 4) is 5.75 Å². The van der Waals surface area contributed by atoms with E-state index in [-0.39, 0.29) is 24.0 Å². The third-order valence-electron chi connectivity index (χ3n) is 6.29. The van der Waals surface area contributed by atoms with Gasteiger partial charge in [0, 0.05) is 52.2 Å². The highest BCUT2D eigenvalue weighted by Crippen LogP contribution is 2.28. The van der Waals surface area contributed by atoms with Crippen molar-refractivity contribution in [3.63, 3.8) is 0 Å². The van der Waals surface area contributed by atoms with Crippen LogP contribution in [-0.4, -0.2) is 92.6 Å². The second-order valence-electron chi connectivity index (χ2n) is 8.57. The molecular weight excluding hydrogens is 517 g/mol. The van der Waals surface area contributed by atoms with Gasteiger partial charge >= 0.3 is 0 Å². The van der Waals surface area contributed by atoms with Crippen molar-refractivity contribution in [1.29, 1.82) is 0 Å². The van der Waals surface area contributed by atoms with Crippen molar-refractivity contribution < 1.29 is 9.53 Å². The quantitative estimate of drug-likeness (QED) is 0.288. The molecule has 0 spiro atoms. The van der Waals surface area contributed by atoms with Gasteiger partial charge in [0.15, 0.2) is 5.96 Å². The average Bonchev–Trinajstić information content (AvgIpc) is 2.73. The van der Waals surface area contributed by atoms with Crippen LogP contribution in [0, 0.1) is 12.8 Å². The number of aryl methyl sites for hydroxylation is 1. The van der Waals surface area contributed by atoms with Crippen molar-refractivity contribution in [1.82, 2.24) is 20.0 Å². The van der Waals surface area contributed by atoms with Crippen LogP contribution in [0.2, 0.25) is 0 Å². The maximum atomic E-state index is 12.4. The number of nitrogens with zero attached hydrogens (tertiary/aromatic N) is 4. The molecule has 1 aliphatic heterocycles. The highest BCUT2D eigenvalue weighted by Gasteiger charge is 2.30. The van der Waals surface area contributed by atoms with E-state index in [4.69, 9.17) is 9.73 Å². The number of carbonyl (C=O) groups is 1. The molecule has 1 aromatic rings. The summed E-state index contributed by atoms with van der Waals surface area (Å²) in [6, 6.07) is 8.10. The molecule has 1 saturated carbocycles. The second-order valence-corrected chi connectivity index (χ2v) is 8.57. The van der Waals surface area contributed by atoms with Gasteiger partial charge in [0.05, 0.1) is 13.1 Å². The lowest BCUT2D eigenvalue weighted by molar-refractivity contribution is -0.139. The monoisotopic (exact) mass is 557 g/mol. The van der Waals surface area contributed by atoms with Gasteiger partial charge in [-0.05, 0) is 38.3 Å². The molecule has 0 radical (unpaired) electrons. The topological polar surface area (TPSA) is 60.4 Å². The third kappa shape index (κ3) is 7.79. The molecule has 32 heavy (non-hydrogen) atoms. The Balaban J connectivity index is 0.00000363. The molecule has 1 N–H and O–H groups in total. The molecule has 0 aromatic heterocycles. The van der Waals surface area contributed by atoms with E-state index in [2.05, 4.69) is 39.9 Å². The zero-order valence-corrected chi connectivity index (χ0v) is 22.2. The Morgan fingerprint density at radius 3 is 2.56 bits per heavy atom. The van der Waals surface area contributed by atoms with Crippen LogP contribution in [0.15, 0.2) is 29.3 Å². The predicted molar refractivity (Wildman–Crippen MR) is 141 cm³/mol. The molecule has 1 heterocycles. The van der Waals surface area contributed by atoms with E-state index in [9.17, 15) is 4.79 Å². The molecule has 0 bridgehead atoms. The summed E-state index contributed by atoms with van der Waals surface area (Å²) >= 11 is 0. The number of piperazine rings is 1. The molecule has 1 aliphatic carbocycles. The Morgan fingerprint density at radius 2 is 1.94 bits per heavy atom. The van der Waals surface area contributed by atoms with Crippen LogP contribution >= 0.6 is 24.0 Å². The normalized spacial score (nSPS) is 17.3. The molecule has 8 heteroatoms. The predicted octanol–water partition coefficient (Wildman–Crippen LogP) is 2.83. The number of aliphatic imine (C=N–C) groups is 1. The van der Waals surface area contributed by atoms with Crippen molar-refractivity contribution in [2.45, 2.75) is 33.1 Å². The number of likely N-dealkylation sites (N-methyl/N-ethyl adjacent to an activating group) is 1. The number of rotatable bonds is 9. The van der Waals surface area contributed by atoms with Crippen molar-refractivity contribution >= 4 is 35.8 Å². The molecule has 1 saturated heterocycles. The summed E-state index contributed by atoms with van der Waals surface area (Å²) < 4.78 is 5.93. The smallest absolute Gasteiger partial charge is 0.225 e. The Kier molecular flexibility index (Phi) is 11.6. The first-order chi connectivity index (χ1) is 15.1. The fourth-order valence-electron chi connectivity index (χ4n) is 3.99. The highest BCUT2D eigenvalue weighted by atomic mass is 127. The largest absolute Gasteiger partial charge is 0.491 e. The van der Waals surface area contributed by atoms with Crippen LogP contribution in [-0.2, 0) is 4.79 Å². The number of guanidine groups is 1. The lowest BCUT2D eigenvalue weighted by atomic mass is 9.84. The second kappa shape index (κ2) is 13.9. The number of hydrogen-bond donors (Lipinski definition) is 1. The number of ether oxygens (including phenoxy) is 1. The van der Waals surface area contributed by atoms with Gasteiger partial charge in [-0.1, -0.05) is 24.6 Å². The number of halogens is 1. The molecule has 0 atom stereocenters. The summed E-state index contributed by atoms with van der Waals surface area (Å²) in [5.74, 6) is 2.54. The van der Waals surface area contributed by atoms with Crippen LogP contribution in [0.3, 0.4) is 0 Å². The first-order valence-electron chi connectivity index (χ1n) is 11.8. The summed E-state index contributed by atoms with van der Waals surface area (Å²) in [6.07, 6.45) is 3.39. The van der Waals surface area contributed by atoms with Gasteiger partial charge in [-0.25, -0.2) is 0 Å². The molecule has 3 rings (SSSR count). The van der Waals surface area contributed by atoms with Gasteiger partial charge in [0.1, 0.15) is 12.4 Å². The van der Waals surface area contributed by atoms with Gasteiger partial charge < -0.3 is 19.9 Å². The molecule has 180 valence electrons. The zero-order chi connectivity index (χ0) is 22.1. The third-order valence-corrected chi connectivity index (χ3v) is 6.29. The molecule has 1 amide bonds. The summed E-state index contributed by atoms with van der Waals surface area (Å²) in [5, 5.41) is 3.38. The van der Waals surface area contributed by atoms with Crippen molar-refractivity contribution in [2.75, 3.05) is 66.0 Å². The number of nitrogens with one attached hydrogen (secondary N) is 1. The minimum Gasteiger partial charge on any atom is -0.491 e. The summed E-state index contributed by atoms with van der Waals surface area (Å²) in [5.41, 5.74) is 1.15. The minimum absolute atomic E-state index is 0. The van der Waals surface area contributed by atoms with Gasteiger partial charge in [0.2, 0.25) is 5.91 Å². The fraction of sp³-hybridized carbons (Fsp3) is 0.667. The molecule has 2 fully saturated rings. The average molecular weight is 558 g/mol. The van der Waals surface area contributed by atoms with Crippen LogP contribution in [0.1, 0.15) is 31.7 Å². The highest BCUT2D eigenvalue weighted by molar-refractivity contribution is 14.0. The van der Waals surface area contributed by atoms with Crippen LogP contribution in [0.25, 0.3) is 0 Å². The number of carbonyl (C=O) groups excluding carboxylic acids is 1. The summed E-state index contributed by atoms with van der Waals surface area (Å²) in [7, 11) is 2.05. The van der Waals surface area contributed by atoms with E-state index < -0.39 is 0 Å². The molecular formula is C24H40IN5O2. The molecule has 1 aromatic carbocycles. The number of amides is 1. The maximum Gasteiger partial charge on any atom is 0.225 e. The Hall–Kier alpha value is -1.55. The maximum absolute atomic E-state index is 12.4. The summed E-state index contributed by atoms with van der Waals surface area (Å²) in [6.45, 7) is 11.7. The van der Waals surface area contributed by atoms with E-state index >= 15 is 0 Å². The lowest BCUT2D eigenvalue weighted by Crippen LogP contribution is -2.51. The molecule has 7 nitrogen and oxygen atoms in total. The number of benzene rings is 1. The fourth-order valence-corrected chi connectivity index (χ4v) is 3.99. The first-order valence-corrected chi connectivity index (χ1v) is 11.8. The standard InChI is InChI=1S/C24H39N5O2.HI/c1-4-25-24(27(3)18-19-31-22-11-6-5-8-20(22)2)26-12-13-28-14-16-29(17-15-28)23(30)21-9-7-10-21;/h5-6,8,11,21H,4,7,9-10,12-19H2,1-3H3,(H,25,26);1H. The van der Waals surface area contributed by atoms with Crippen LogP contribution in [0.5, 0.6) is 5.75 Å². The molecule has 0 unspecified atom stereocenters. The Bertz CT molecular complexity index is 733. The Labute approximate surface area is 210 Å². The van der Waals surface area contributed by atoms with Crippen LogP contribution in [0.4, 0.5) is 0 Å². The SMILES string of the molecule is CCNC(=NCCN1CCN(C(=O)C2CCC2)CC1)N(C)CCOc1ccccc1C.I. The molecule has 2 aliphatic rings. The van der Waals surface area contributed by atoms with E-state index in [0.717, 1.165) is 82.5 Å². The van der Waals surface area contributed by atoms with E-state index in [0.29, 0.717) is 18.4 Å². The first kappa shape index (κ1) is 26.7. The lowest BCUT2D eigenvalue weighted by Gasteiger charge is -2.38.